The third kappa shape index (κ3) is 4.65. The molecule has 1 fully saturated rings. The standard InChI is InChI=1S/C16H23N3O3/c1-11(15(20)19-16(21)17-2)18-12-6-5-9-14(10-12)22-13-7-3-4-8-13/h5-6,9-11,13,18H,3-4,7-8H2,1-2H3,(H2,17,19,20,21)/t11-/m1/s1. The van der Waals surface area contributed by atoms with Crippen LogP contribution in [-0.2, 0) is 4.79 Å². The number of benzene rings is 1. The number of rotatable bonds is 5. The van der Waals surface area contributed by atoms with Gasteiger partial charge in [0.25, 0.3) is 0 Å². The highest BCUT2D eigenvalue weighted by atomic mass is 16.5. The number of ether oxygens (including phenoxy) is 1. The molecule has 120 valence electrons. The summed E-state index contributed by atoms with van der Waals surface area (Å²) >= 11 is 0. The fourth-order valence-corrected chi connectivity index (χ4v) is 2.46. The van der Waals surface area contributed by atoms with Gasteiger partial charge < -0.3 is 15.4 Å². The van der Waals surface area contributed by atoms with E-state index in [1.54, 1.807) is 6.92 Å². The molecule has 0 aliphatic heterocycles. The van der Waals surface area contributed by atoms with Gasteiger partial charge in [-0.2, -0.15) is 0 Å². The summed E-state index contributed by atoms with van der Waals surface area (Å²) in [5.74, 6) is 0.414. The van der Waals surface area contributed by atoms with Gasteiger partial charge in [0.1, 0.15) is 11.8 Å². The molecule has 3 amide bonds. The molecule has 0 spiro atoms. The summed E-state index contributed by atoms with van der Waals surface area (Å²) in [4.78, 5) is 23.0. The van der Waals surface area contributed by atoms with Crippen LogP contribution in [0.2, 0.25) is 0 Å². The summed E-state index contributed by atoms with van der Waals surface area (Å²) in [6.07, 6.45) is 4.94. The Morgan fingerprint density at radius 1 is 1.27 bits per heavy atom. The second-order valence-electron chi connectivity index (χ2n) is 5.49. The fourth-order valence-electron chi connectivity index (χ4n) is 2.46. The Labute approximate surface area is 130 Å². The maximum absolute atomic E-state index is 11.8. The maximum Gasteiger partial charge on any atom is 0.321 e. The number of carbonyl (C=O) groups is 2. The summed E-state index contributed by atoms with van der Waals surface area (Å²) in [6, 6.07) is 6.50. The van der Waals surface area contributed by atoms with E-state index >= 15 is 0 Å². The van der Waals surface area contributed by atoms with Crippen LogP contribution in [0.5, 0.6) is 5.75 Å². The van der Waals surface area contributed by atoms with Gasteiger partial charge in [0.05, 0.1) is 6.10 Å². The van der Waals surface area contributed by atoms with Crippen LogP contribution in [0.4, 0.5) is 10.5 Å². The van der Waals surface area contributed by atoms with Crippen LogP contribution in [-0.4, -0.2) is 31.1 Å². The van der Waals surface area contributed by atoms with Gasteiger partial charge in [0.2, 0.25) is 5.91 Å². The molecule has 0 radical (unpaired) electrons. The Bertz CT molecular complexity index is 527. The molecule has 1 atom stereocenters. The van der Waals surface area contributed by atoms with E-state index in [1.165, 1.54) is 19.9 Å². The minimum absolute atomic E-state index is 0.296. The summed E-state index contributed by atoms with van der Waals surface area (Å²) in [5.41, 5.74) is 0.787. The van der Waals surface area contributed by atoms with Crippen molar-refractivity contribution in [1.82, 2.24) is 10.6 Å². The quantitative estimate of drug-likeness (QED) is 0.779. The summed E-state index contributed by atoms with van der Waals surface area (Å²) in [5, 5.41) is 7.65. The van der Waals surface area contributed by atoms with E-state index in [0.29, 0.717) is 6.10 Å². The Kier molecular flexibility index (Phi) is 5.63. The molecule has 22 heavy (non-hydrogen) atoms. The van der Waals surface area contributed by atoms with E-state index in [4.69, 9.17) is 4.74 Å². The predicted octanol–water partition coefficient (Wildman–Crippen LogP) is 2.26. The van der Waals surface area contributed by atoms with Crippen LogP contribution >= 0.6 is 0 Å². The fraction of sp³-hybridized carbons (Fsp3) is 0.500. The van der Waals surface area contributed by atoms with Crippen LogP contribution in [0.3, 0.4) is 0 Å². The van der Waals surface area contributed by atoms with Crippen molar-refractivity contribution in [2.24, 2.45) is 0 Å². The van der Waals surface area contributed by atoms with Crippen LogP contribution in [0.1, 0.15) is 32.6 Å². The molecule has 6 heteroatoms. The van der Waals surface area contributed by atoms with Gasteiger partial charge in [-0.1, -0.05) is 6.07 Å². The zero-order valence-electron chi connectivity index (χ0n) is 13.0. The molecule has 1 saturated carbocycles. The van der Waals surface area contributed by atoms with Crippen molar-refractivity contribution in [3.05, 3.63) is 24.3 Å². The summed E-state index contributed by atoms with van der Waals surface area (Å²) < 4.78 is 5.94. The molecule has 0 unspecified atom stereocenters. The van der Waals surface area contributed by atoms with Gasteiger partial charge in [0.15, 0.2) is 0 Å². The third-order valence-electron chi connectivity index (χ3n) is 3.68. The predicted molar refractivity (Wildman–Crippen MR) is 85.0 cm³/mol. The second-order valence-corrected chi connectivity index (χ2v) is 5.49. The van der Waals surface area contributed by atoms with Gasteiger partial charge in [-0.05, 0) is 44.7 Å². The highest BCUT2D eigenvalue weighted by Gasteiger charge is 2.17. The maximum atomic E-state index is 11.8. The number of hydrogen-bond acceptors (Lipinski definition) is 4. The highest BCUT2D eigenvalue weighted by molar-refractivity contribution is 5.97. The average molecular weight is 305 g/mol. The molecule has 6 nitrogen and oxygen atoms in total. The van der Waals surface area contributed by atoms with Crippen molar-refractivity contribution in [1.29, 1.82) is 0 Å². The lowest BCUT2D eigenvalue weighted by molar-refractivity contribution is -0.120. The van der Waals surface area contributed by atoms with Gasteiger partial charge in [-0.3, -0.25) is 10.1 Å². The smallest absolute Gasteiger partial charge is 0.321 e. The first kappa shape index (κ1) is 16.1. The molecular weight excluding hydrogens is 282 g/mol. The van der Waals surface area contributed by atoms with Crippen LogP contribution in [0.15, 0.2) is 24.3 Å². The van der Waals surface area contributed by atoms with Gasteiger partial charge in [-0.15, -0.1) is 0 Å². The molecule has 0 heterocycles. The van der Waals surface area contributed by atoms with Crippen LogP contribution in [0.25, 0.3) is 0 Å². The molecular formula is C16H23N3O3. The van der Waals surface area contributed by atoms with Gasteiger partial charge >= 0.3 is 6.03 Å². The second kappa shape index (κ2) is 7.68. The molecule has 3 N–H and O–H groups in total. The largest absolute Gasteiger partial charge is 0.490 e. The Hall–Kier alpha value is -2.24. The normalized spacial score (nSPS) is 15.9. The minimum atomic E-state index is -0.529. The number of urea groups is 1. The molecule has 2 rings (SSSR count). The number of carbonyl (C=O) groups excluding carboxylic acids is 2. The lowest BCUT2D eigenvalue weighted by Gasteiger charge is -2.17. The first-order valence-corrected chi connectivity index (χ1v) is 7.64. The van der Waals surface area contributed by atoms with Crippen molar-refractivity contribution in [2.45, 2.75) is 44.8 Å². The average Bonchev–Trinajstić information content (AvgIpc) is 3.00. The van der Waals surface area contributed by atoms with Gasteiger partial charge in [-0.25, -0.2) is 4.79 Å². The van der Waals surface area contributed by atoms with E-state index in [2.05, 4.69) is 16.0 Å². The SMILES string of the molecule is CNC(=O)NC(=O)[C@@H](C)Nc1cccc(OC2CCCC2)c1. The van der Waals surface area contributed by atoms with Crippen molar-refractivity contribution >= 4 is 17.6 Å². The number of amides is 3. The Balaban J connectivity index is 1.91. The molecule has 1 aromatic rings. The van der Waals surface area contributed by atoms with Crippen molar-refractivity contribution < 1.29 is 14.3 Å². The van der Waals surface area contributed by atoms with E-state index in [9.17, 15) is 9.59 Å². The van der Waals surface area contributed by atoms with Crippen molar-refractivity contribution in [3.63, 3.8) is 0 Å². The monoisotopic (exact) mass is 305 g/mol. The van der Waals surface area contributed by atoms with E-state index in [1.807, 2.05) is 24.3 Å². The van der Waals surface area contributed by atoms with E-state index in [-0.39, 0.29) is 5.91 Å². The number of anilines is 1. The number of hydrogen-bond donors (Lipinski definition) is 3. The Morgan fingerprint density at radius 2 is 2.00 bits per heavy atom. The molecule has 0 saturated heterocycles. The summed E-state index contributed by atoms with van der Waals surface area (Å²) in [7, 11) is 1.46. The lowest BCUT2D eigenvalue weighted by Crippen LogP contribution is -2.44. The first-order valence-electron chi connectivity index (χ1n) is 7.64. The molecule has 1 aliphatic carbocycles. The van der Waals surface area contributed by atoms with E-state index < -0.39 is 12.1 Å². The number of imide groups is 1. The zero-order chi connectivity index (χ0) is 15.9. The first-order chi connectivity index (χ1) is 10.6. The highest BCUT2D eigenvalue weighted by Crippen LogP contribution is 2.25. The van der Waals surface area contributed by atoms with Crippen molar-refractivity contribution in [2.75, 3.05) is 12.4 Å². The molecule has 0 bridgehead atoms. The third-order valence-corrected chi connectivity index (χ3v) is 3.68. The van der Waals surface area contributed by atoms with Crippen molar-refractivity contribution in [3.8, 4) is 5.75 Å². The summed E-state index contributed by atoms with van der Waals surface area (Å²) in [6.45, 7) is 1.70. The Morgan fingerprint density at radius 3 is 2.68 bits per heavy atom. The van der Waals surface area contributed by atoms with Crippen LogP contribution in [0, 0.1) is 0 Å². The molecule has 1 aromatic carbocycles. The topological polar surface area (TPSA) is 79.5 Å². The lowest BCUT2D eigenvalue weighted by atomic mass is 10.2. The number of nitrogens with one attached hydrogen (secondary N) is 3. The minimum Gasteiger partial charge on any atom is -0.490 e. The van der Waals surface area contributed by atoms with E-state index in [0.717, 1.165) is 24.3 Å². The zero-order valence-corrected chi connectivity index (χ0v) is 13.0. The molecule has 0 aromatic heterocycles. The van der Waals surface area contributed by atoms with Crippen LogP contribution < -0.4 is 20.7 Å². The molecule has 1 aliphatic rings. The van der Waals surface area contributed by atoms with Gasteiger partial charge in [0, 0.05) is 18.8 Å².